The summed E-state index contributed by atoms with van der Waals surface area (Å²) in [5.74, 6) is 1.21. The number of aromatic nitrogens is 2. The van der Waals surface area contributed by atoms with Crippen LogP contribution in [0.3, 0.4) is 0 Å². The molecule has 130 valence electrons. The second kappa shape index (κ2) is 7.83. The molecule has 2 rings (SSSR count). The van der Waals surface area contributed by atoms with Gasteiger partial charge in [0, 0.05) is 25.7 Å². The van der Waals surface area contributed by atoms with Gasteiger partial charge in [-0.15, -0.1) is 0 Å². The van der Waals surface area contributed by atoms with Crippen molar-refractivity contribution in [3.63, 3.8) is 0 Å². The second-order valence-corrected chi connectivity index (χ2v) is 5.66. The van der Waals surface area contributed by atoms with Crippen LogP contribution in [0.25, 0.3) is 11.3 Å². The highest BCUT2D eigenvalue weighted by atomic mass is 16.5. The number of ether oxygens (including phenoxy) is 2. The van der Waals surface area contributed by atoms with Crippen molar-refractivity contribution in [3.8, 4) is 22.8 Å². The number of methoxy groups -OCH3 is 2. The zero-order valence-electron chi connectivity index (χ0n) is 14.8. The fourth-order valence-corrected chi connectivity index (χ4v) is 2.33. The third-order valence-corrected chi connectivity index (χ3v) is 3.64. The van der Waals surface area contributed by atoms with Crippen molar-refractivity contribution in [2.24, 2.45) is 7.05 Å². The van der Waals surface area contributed by atoms with Gasteiger partial charge < -0.3 is 19.7 Å². The van der Waals surface area contributed by atoms with Gasteiger partial charge in [-0.05, 0) is 38.4 Å². The molecule has 0 atom stereocenters. The van der Waals surface area contributed by atoms with Crippen LogP contribution in [0.4, 0.5) is 0 Å². The molecular weight excluding hydrogens is 308 g/mol. The Morgan fingerprint density at radius 2 is 2.00 bits per heavy atom. The molecule has 1 amide bonds. The van der Waals surface area contributed by atoms with E-state index < -0.39 is 0 Å². The summed E-state index contributed by atoms with van der Waals surface area (Å²) in [4.78, 5) is 14.2. The Kier molecular flexibility index (Phi) is 5.81. The second-order valence-electron chi connectivity index (χ2n) is 5.66. The van der Waals surface area contributed by atoms with Crippen molar-refractivity contribution in [1.82, 2.24) is 20.0 Å². The Morgan fingerprint density at radius 3 is 2.62 bits per heavy atom. The molecule has 24 heavy (non-hydrogen) atoms. The number of carbonyl (C=O) groups is 1. The summed E-state index contributed by atoms with van der Waals surface area (Å²) in [7, 11) is 8.93. The van der Waals surface area contributed by atoms with Crippen LogP contribution in [0.2, 0.25) is 0 Å². The Morgan fingerprint density at radius 1 is 1.25 bits per heavy atom. The summed E-state index contributed by atoms with van der Waals surface area (Å²) in [5, 5.41) is 7.17. The predicted molar refractivity (Wildman–Crippen MR) is 92.6 cm³/mol. The number of aryl methyl sites for hydroxylation is 1. The van der Waals surface area contributed by atoms with E-state index in [0.717, 1.165) is 17.8 Å². The fraction of sp³-hybridized carbons (Fsp3) is 0.412. The van der Waals surface area contributed by atoms with Crippen LogP contribution < -0.4 is 14.8 Å². The summed E-state index contributed by atoms with van der Waals surface area (Å²) in [6.45, 7) is 1.34. The first-order chi connectivity index (χ1) is 11.5. The number of hydrogen-bond donors (Lipinski definition) is 1. The minimum atomic E-state index is -0.194. The maximum atomic E-state index is 12.2. The summed E-state index contributed by atoms with van der Waals surface area (Å²) in [6.07, 6.45) is 0. The molecule has 0 unspecified atom stereocenters. The lowest BCUT2D eigenvalue weighted by Crippen LogP contribution is -2.31. The van der Waals surface area contributed by atoms with Crippen molar-refractivity contribution in [2.75, 3.05) is 41.4 Å². The van der Waals surface area contributed by atoms with E-state index in [1.54, 1.807) is 32.0 Å². The first-order valence-corrected chi connectivity index (χ1v) is 7.65. The molecule has 0 aliphatic carbocycles. The Labute approximate surface area is 142 Å². The summed E-state index contributed by atoms with van der Waals surface area (Å²) >= 11 is 0. The van der Waals surface area contributed by atoms with Gasteiger partial charge in [0.25, 0.3) is 5.91 Å². The SMILES string of the molecule is COc1ccc(OC)c(-c2cc(C(=O)NCCN(C)C)nn2C)c1. The molecular formula is C17H24N4O3. The van der Waals surface area contributed by atoms with Crippen LogP contribution in [0.5, 0.6) is 11.5 Å². The lowest BCUT2D eigenvalue weighted by atomic mass is 10.1. The highest BCUT2D eigenvalue weighted by Gasteiger charge is 2.17. The fourth-order valence-electron chi connectivity index (χ4n) is 2.33. The number of amides is 1. The molecule has 2 aromatic rings. The van der Waals surface area contributed by atoms with Crippen molar-refractivity contribution >= 4 is 5.91 Å². The molecule has 7 nitrogen and oxygen atoms in total. The molecule has 0 saturated heterocycles. The highest BCUT2D eigenvalue weighted by molar-refractivity contribution is 5.93. The molecule has 1 heterocycles. The van der Waals surface area contributed by atoms with E-state index in [9.17, 15) is 4.79 Å². The smallest absolute Gasteiger partial charge is 0.271 e. The molecule has 1 N–H and O–H groups in total. The minimum absolute atomic E-state index is 0.194. The van der Waals surface area contributed by atoms with Gasteiger partial charge in [-0.2, -0.15) is 5.10 Å². The van der Waals surface area contributed by atoms with Crippen LogP contribution >= 0.6 is 0 Å². The van der Waals surface area contributed by atoms with Crippen LogP contribution in [0, 0.1) is 0 Å². The third-order valence-electron chi connectivity index (χ3n) is 3.64. The van der Waals surface area contributed by atoms with E-state index >= 15 is 0 Å². The van der Waals surface area contributed by atoms with Gasteiger partial charge in [0.05, 0.1) is 19.9 Å². The number of hydrogen-bond acceptors (Lipinski definition) is 5. The van der Waals surface area contributed by atoms with E-state index in [1.165, 1.54) is 0 Å². The summed E-state index contributed by atoms with van der Waals surface area (Å²) < 4.78 is 12.4. The van der Waals surface area contributed by atoms with E-state index in [-0.39, 0.29) is 5.91 Å². The maximum Gasteiger partial charge on any atom is 0.271 e. The molecule has 0 saturated carbocycles. The number of benzene rings is 1. The predicted octanol–water partition coefficient (Wildman–Crippen LogP) is 1.40. The molecule has 7 heteroatoms. The first-order valence-electron chi connectivity index (χ1n) is 7.65. The topological polar surface area (TPSA) is 68.6 Å². The molecule has 1 aromatic carbocycles. The van der Waals surface area contributed by atoms with Crippen LogP contribution in [0.15, 0.2) is 24.3 Å². The van der Waals surface area contributed by atoms with Gasteiger partial charge in [0.15, 0.2) is 5.69 Å². The zero-order chi connectivity index (χ0) is 17.7. The third kappa shape index (κ3) is 4.05. The zero-order valence-corrected chi connectivity index (χ0v) is 14.8. The van der Waals surface area contributed by atoms with Gasteiger partial charge in [-0.3, -0.25) is 9.48 Å². The summed E-state index contributed by atoms with van der Waals surface area (Å²) in [6, 6.07) is 7.28. The lowest BCUT2D eigenvalue weighted by molar-refractivity contribution is 0.0945. The maximum absolute atomic E-state index is 12.2. The monoisotopic (exact) mass is 332 g/mol. The molecule has 0 bridgehead atoms. The highest BCUT2D eigenvalue weighted by Crippen LogP contribution is 2.33. The van der Waals surface area contributed by atoms with Gasteiger partial charge >= 0.3 is 0 Å². The van der Waals surface area contributed by atoms with E-state index in [1.807, 2.05) is 37.2 Å². The average Bonchev–Trinajstić information content (AvgIpc) is 2.95. The number of rotatable bonds is 7. The number of carbonyl (C=O) groups excluding carboxylic acids is 1. The Balaban J connectivity index is 2.27. The van der Waals surface area contributed by atoms with Crippen molar-refractivity contribution in [2.45, 2.75) is 0 Å². The normalized spacial score (nSPS) is 10.8. The van der Waals surface area contributed by atoms with E-state index in [4.69, 9.17) is 9.47 Å². The van der Waals surface area contributed by atoms with Crippen LogP contribution in [-0.2, 0) is 7.05 Å². The van der Waals surface area contributed by atoms with Crippen LogP contribution in [0.1, 0.15) is 10.5 Å². The Bertz CT molecular complexity index is 710. The molecule has 1 aromatic heterocycles. The molecule has 0 aliphatic heterocycles. The minimum Gasteiger partial charge on any atom is -0.497 e. The average molecular weight is 332 g/mol. The Hall–Kier alpha value is -2.54. The van der Waals surface area contributed by atoms with Gasteiger partial charge in [-0.25, -0.2) is 0 Å². The number of nitrogens with one attached hydrogen (secondary N) is 1. The number of nitrogens with zero attached hydrogens (tertiary/aromatic N) is 3. The van der Waals surface area contributed by atoms with Gasteiger partial charge in [0.1, 0.15) is 11.5 Å². The first kappa shape index (κ1) is 17.8. The molecule has 0 aliphatic rings. The standard InChI is InChI=1S/C17H24N4O3/c1-20(2)9-8-18-17(22)14-11-15(21(3)19-14)13-10-12(23-4)6-7-16(13)24-5/h6-7,10-11H,8-9H2,1-5H3,(H,18,22). The van der Waals surface area contributed by atoms with Gasteiger partial charge in [0.2, 0.25) is 0 Å². The molecule has 0 radical (unpaired) electrons. The number of likely N-dealkylation sites (N-methyl/N-ethyl adjacent to an activating group) is 1. The van der Waals surface area contributed by atoms with E-state index in [2.05, 4.69) is 10.4 Å². The largest absolute Gasteiger partial charge is 0.497 e. The van der Waals surface area contributed by atoms with Crippen molar-refractivity contribution in [1.29, 1.82) is 0 Å². The van der Waals surface area contributed by atoms with E-state index in [0.29, 0.717) is 23.7 Å². The molecule has 0 spiro atoms. The summed E-state index contributed by atoms with van der Waals surface area (Å²) in [5.41, 5.74) is 1.97. The van der Waals surface area contributed by atoms with Crippen molar-refractivity contribution < 1.29 is 14.3 Å². The lowest BCUT2D eigenvalue weighted by Gasteiger charge is -2.10. The van der Waals surface area contributed by atoms with Crippen LogP contribution in [-0.4, -0.2) is 62.0 Å². The quantitative estimate of drug-likeness (QED) is 0.830. The van der Waals surface area contributed by atoms with Crippen molar-refractivity contribution in [3.05, 3.63) is 30.0 Å². The van der Waals surface area contributed by atoms with Gasteiger partial charge in [-0.1, -0.05) is 0 Å². The molecule has 0 fully saturated rings.